The topological polar surface area (TPSA) is 57.1 Å². The molecule has 1 saturated carbocycles. The Morgan fingerprint density at radius 1 is 1.35 bits per heavy atom. The fourth-order valence-electron chi connectivity index (χ4n) is 5.80. The molecule has 0 bridgehead atoms. The van der Waals surface area contributed by atoms with Crippen LogP contribution >= 0.6 is 0 Å². The molecule has 1 aliphatic heterocycles. The van der Waals surface area contributed by atoms with Crippen LogP contribution in [-0.4, -0.2) is 37.0 Å². The molecule has 2 aliphatic rings. The van der Waals surface area contributed by atoms with Gasteiger partial charge in [-0.1, -0.05) is 46.4 Å². The third-order valence-corrected chi connectivity index (χ3v) is 7.77. The first kappa shape index (κ1) is 26.2. The fraction of sp³-hybridized carbons (Fsp3) is 0.593. The van der Waals surface area contributed by atoms with Crippen LogP contribution in [-0.2, 0) is 4.79 Å². The monoisotopic (exact) mass is 472 g/mol. The lowest BCUT2D eigenvalue weighted by molar-refractivity contribution is -0.131. The number of allylic oxidation sites excluding steroid dienone is 1. The molecular weight excluding hydrogens is 434 g/mol. The summed E-state index contributed by atoms with van der Waals surface area (Å²) in [6, 6.07) is 4.05. The zero-order chi connectivity index (χ0) is 25.0. The van der Waals surface area contributed by atoms with Gasteiger partial charge in [0, 0.05) is 25.3 Å². The average molecular weight is 473 g/mol. The number of hydrogen-bond donors (Lipinski definition) is 1. The van der Waals surface area contributed by atoms with Crippen LogP contribution in [0.3, 0.4) is 0 Å². The zero-order valence-corrected chi connectivity index (χ0v) is 21.0. The van der Waals surface area contributed by atoms with Crippen molar-refractivity contribution in [3.63, 3.8) is 0 Å². The van der Waals surface area contributed by atoms with Gasteiger partial charge in [0.25, 0.3) is 0 Å². The second-order valence-electron chi connectivity index (χ2n) is 10.6. The summed E-state index contributed by atoms with van der Waals surface area (Å²) < 4.78 is 29.4. The van der Waals surface area contributed by atoms with Crippen molar-refractivity contribution in [3.8, 4) is 0 Å². The first-order valence-electron chi connectivity index (χ1n) is 12.2. The Balaban J connectivity index is 1.96. The molecule has 5 nitrogen and oxygen atoms in total. The van der Waals surface area contributed by atoms with Crippen molar-refractivity contribution in [2.75, 3.05) is 20.1 Å². The van der Waals surface area contributed by atoms with E-state index in [2.05, 4.69) is 54.8 Å². The van der Waals surface area contributed by atoms with Gasteiger partial charge in [-0.05, 0) is 62.1 Å². The lowest BCUT2D eigenvalue weighted by Crippen LogP contribution is -2.46. The van der Waals surface area contributed by atoms with Gasteiger partial charge >= 0.3 is 0 Å². The lowest BCUT2D eigenvalue weighted by atomic mass is 9.72. The Kier molecular flexibility index (Phi) is 8.39. The van der Waals surface area contributed by atoms with E-state index in [9.17, 15) is 13.6 Å². The molecule has 1 aromatic carbocycles. The smallest absolute Gasteiger partial charge is 0.226 e. The minimum atomic E-state index is -0.714. The lowest BCUT2D eigenvalue weighted by Gasteiger charge is -2.33. The van der Waals surface area contributed by atoms with Crippen molar-refractivity contribution in [1.82, 2.24) is 10.2 Å². The van der Waals surface area contributed by atoms with Crippen molar-refractivity contribution in [3.05, 3.63) is 54.3 Å². The Bertz CT molecular complexity index is 940. The van der Waals surface area contributed by atoms with E-state index >= 15 is 0 Å². The third-order valence-electron chi connectivity index (χ3n) is 7.77. The van der Waals surface area contributed by atoms with Crippen molar-refractivity contribution < 1.29 is 13.6 Å². The highest BCUT2D eigenvalue weighted by molar-refractivity contribution is 5.84. The summed E-state index contributed by atoms with van der Waals surface area (Å²) in [5.74, 6) is -0.599. The molecule has 1 unspecified atom stereocenters. The van der Waals surface area contributed by atoms with Crippen LogP contribution in [0.1, 0.15) is 52.5 Å². The molecule has 186 valence electrons. The molecule has 3 rings (SSSR count). The molecule has 1 saturated heterocycles. The largest absolute Gasteiger partial charge is 0.354 e. The van der Waals surface area contributed by atoms with Gasteiger partial charge in [-0.15, -0.1) is 0 Å². The van der Waals surface area contributed by atoms with Gasteiger partial charge in [0.15, 0.2) is 0 Å². The highest BCUT2D eigenvalue weighted by Gasteiger charge is 2.50. The van der Waals surface area contributed by atoms with Crippen molar-refractivity contribution in [2.24, 2.45) is 39.3 Å². The number of benzene rings is 1. The van der Waals surface area contributed by atoms with Crippen LogP contribution < -0.4 is 5.32 Å². The number of carbonyl (C=O) groups excluding carboxylic acids is 1. The molecule has 1 aromatic rings. The number of nitrogens with one attached hydrogen (secondary N) is 1. The van der Waals surface area contributed by atoms with E-state index in [1.807, 2.05) is 6.92 Å². The number of likely N-dealkylation sites (N-methyl/N-ethyl adjacent to an activating group) is 1. The van der Waals surface area contributed by atoms with Crippen LogP contribution in [0, 0.1) is 40.7 Å². The second-order valence-corrected chi connectivity index (χ2v) is 10.6. The van der Waals surface area contributed by atoms with Gasteiger partial charge in [0.1, 0.15) is 11.6 Å². The Morgan fingerprint density at radius 2 is 2.03 bits per heavy atom. The van der Waals surface area contributed by atoms with Crippen molar-refractivity contribution in [2.45, 2.75) is 53.0 Å². The predicted molar refractivity (Wildman–Crippen MR) is 132 cm³/mol. The van der Waals surface area contributed by atoms with Crippen LogP contribution in [0.25, 0.3) is 5.70 Å². The SMILES string of the molecule is C=C/N=N\C(=C/C1[C@H](C(C)C)CC[C@]1(C)C(=O)NC[C@@H]1C[C@@H](C)CN1C)c1c(F)cccc1F. The molecule has 1 amide bonds. The zero-order valence-electron chi connectivity index (χ0n) is 21.0. The quantitative estimate of drug-likeness (QED) is 0.469. The number of amides is 1. The second kappa shape index (κ2) is 10.9. The molecule has 1 N–H and O–H groups in total. The molecular formula is C27H38F2N4O. The minimum absolute atomic E-state index is 0.0149. The molecule has 1 aliphatic carbocycles. The van der Waals surface area contributed by atoms with E-state index in [4.69, 9.17) is 0 Å². The van der Waals surface area contributed by atoms with Gasteiger partial charge in [0.05, 0.1) is 16.7 Å². The molecule has 0 radical (unpaired) electrons. The summed E-state index contributed by atoms with van der Waals surface area (Å²) >= 11 is 0. The van der Waals surface area contributed by atoms with Crippen LogP contribution in [0.2, 0.25) is 0 Å². The number of carbonyl (C=O) groups is 1. The fourth-order valence-corrected chi connectivity index (χ4v) is 5.80. The maximum Gasteiger partial charge on any atom is 0.226 e. The number of hydrogen-bond acceptors (Lipinski definition) is 4. The number of nitrogens with zero attached hydrogens (tertiary/aromatic N) is 3. The van der Waals surface area contributed by atoms with Crippen molar-refractivity contribution >= 4 is 11.6 Å². The number of halogens is 2. The first-order valence-corrected chi connectivity index (χ1v) is 12.2. The van der Waals surface area contributed by atoms with E-state index in [0.717, 1.165) is 19.4 Å². The minimum Gasteiger partial charge on any atom is -0.354 e. The Morgan fingerprint density at radius 3 is 2.59 bits per heavy atom. The molecule has 34 heavy (non-hydrogen) atoms. The predicted octanol–water partition coefficient (Wildman–Crippen LogP) is 6.05. The first-order chi connectivity index (χ1) is 16.1. The number of azo groups is 1. The molecule has 7 heteroatoms. The molecule has 5 atom stereocenters. The summed E-state index contributed by atoms with van der Waals surface area (Å²) in [6.07, 6.45) is 5.60. The van der Waals surface area contributed by atoms with Crippen LogP contribution in [0.15, 0.2) is 47.3 Å². The molecule has 2 fully saturated rings. The molecule has 0 spiro atoms. The van der Waals surface area contributed by atoms with Crippen LogP contribution in [0.4, 0.5) is 8.78 Å². The third kappa shape index (κ3) is 5.45. The summed E-state index contributed by atoms with van der Waals surface area (Å²) in [4.78, 5) is 15.9. The van der Waals surface area contributed by atoms with Gasteiger partial charge < -0.3 is 10.2 Å². The summed E-state index contributed by atoms with van der Waals surface area (Å²) in [7, 11) is 2.10. The number of rotatable bonds is 8. The van der Waals surface area contributed by atoms with Gasteiger partial charge in [0.2, 0.25) is 5.91 Å². The van der Waals surface area contributed by atoms with E-state index in [0.29, 0.717) is 30.8 Å². The molecule has 0 aromatic heterocycles. The van der Waals surface area contributed by atoms with Gasteiger partial charge in [-0.2, -0.15) is 10.2 Å². The van der Waals surface area contributed by atoms with Crippen LogP contribution in [0.5, 0.6) is 0 Å². The Labute approximate surface area is 202 Å². The van der Waals surface area contributed by atoms with E-state index in [-0.39, 0.29) is 29.0 Å². The standard InChI is InChI=1S/C27H38F2N4O/c1-7-31-32-24(25-22(28)9-8-10-23(25)29)14-21-20(17(2)3)11-12-27(21,5)26(34)30-15-19-13-18(4)16-33(19)6/h7-10,14,17-21H,1,11-13,15-16H2,2-6H3,(H,30,34)/b24-14-,32-31-/t18-,19+,20+,21?,27+/m1/s1. The normalized spacial score (nSPS) is 30.4. The summed E-state index contributed by atoms with van der Waals surface area (Å²) in [5, 5.41) is 11.1. The Hall–Kier alpha value is -2.41. The highest BCUT2D eigenvalue weighted by atomic mass is 19.1. The average Bonchev–Trinajstić information content (AvgIpc) is 3.28. The molecule has 1 heterocycles. The summed E-state index contributed by atoms with van der Waals surface area (Å²) in [5.41, 5.74) is -0.850. The highest BCUT2D eigenvalue weighted by Crippen LogP contribution is 2.51. The van der Waals surface area contributed by atoms with E-state index < -0.39 is 17.0 Å². The van der Waals surface area contributed by atoms with E-state index in [1.165, 1.54) is 24.4 Å². The maximum atomic E-state index is 14.7. The van der Waals surface area contributed by atoms with E-state index in [1.54, 1.807) is 6.08 Å². The maximum absolute atomic E-state index is 14.7. The van der Waals surface area contributed by atoms with Gasteiger partial charge in [-0.3, -0.25) is 4.79 Å². The number of likely N-dealkylation sites (tertiary alicyclic amines) is 1. The van der Waals surface area contributed by atoms with Gasteiger partial charge in [-0.25, -0.2) is 8.78 Å². The van der Waals surface area contributed by atoms with Crippen molar-refractivity contribution in [1.29, 1.82) is 0 Å². The summed E-state index contributed by atoms with van der Waals surface area (Å²) in [6.45, 7) is 13.6.